The Morgan fingerprint density at radius 3 is 2.65 bits per heavy atom. The normalized spacial score (nSPS) is 15.5. The molecular weight excluding hydrogens is 392 g/mol. The fourth-order valence-electron chi connectivity index (χ4n) is 3.66. The minimum atomic E-state index is -0.434. The zero-order chi connectivity index (χ0) is 22.0. The molecule has 0 aliphatic carbocycles. The number of carbonyl (C=O) groups excluding carboxylic acids is 1. The molecule has 2 heterocycles. The summed E-state index contributed by atoms with van der Waals surface area (Å²) < 4.78 is 13.1. The van der Waals surface area contributed by atoms with Crippen LogP contribution >= 0.6 is 0 Å². The zero-order valence-corrected chi connectivity index (χ0v) is 18.1. The second-order valence-electron chi connectivity index (χ2n) is 7.90. The summed E-state index contributed by atoms with van der Waals surface area (Å²) in [5.41, 5.74) is 4.43. The Morgan fingerprint density at radius 2 is 1.94 bits per heavy atom. The molecule has 0 radical (unpaired) electrons. The lowest BCUT2D eigenvalue weighted by molar-refractivity contribution is -0.143. The summed E-state index contributed by atoms with van der Waals surface area (Å²) >= 11 is 0. The predicted molar refractivity (Wildman–Crippen MR) is 118 cm³/mol. The predicted octanol–water partition coefficient (Wildman–Crippen LogP) is 4.41. The molecule has 7 nitrogen and oxygen atoms in total. The molecule has 1 aliphatic heterocycles. The first-order chi connectivity index (χ1) is 14.9. The molecule has 3 aromatic rings. The number of hydrogen-bond acceptors (Lipinski definition) is 6. The summed E-state index contributed by atoms with van der Waals surface area (Å²) in [6.07, 6.45) is 1.25. The molecule has 0 fully saturated rings. The highest BCUT2D eigenvalue weighted by Crippen LogP contribution is 2.36. The van der Waals surface area contributed by atoms with Crippen LogP contribution < -0.4 is 10.1 Å². The lowest BCUT2D eigenvalue weighted by Crippen LogP contribution is -2.30. The highest BCUT2D eigenvalue weighted by atomic mass is 16.5. The van der Waals surface area contributed by atoms with Crippen molar-refractivity contribution in [1.29, 1.82) is 0 Å². The highest BCUT2D eigenvalue weighted by Gasteiger charge is 2.34. The highest BCUT2D eigenvalue weighted by molar-refractivity contribution is 5.92. The van der Waals surface area contributed by atoms with Crippen LogP contribution in [0.5, 0.6) is 5.75 Å². The molecule has 31 heavy (non-hydrogen) atoms. The van der Waals surface area contributed by atoms with Crippen LogP contribution in [0.15, 0.2) is 66.1 Å². The number of ether oxygens (including phenoxy) is 2. The number of carbonyl (C=O) groups is 1. The van der Waals surface area contributed by atoms with Gasteiger partial charge in [-0.05, 0) is 51.0 Å². The van der Waals surface area contributed by atoms with Crippen molar-refractivity contribution < 1.29 is 14.3 Å². The fourth-order valence-corrected chi connectivity index (χ4v) is 3.66. The maximum absolute atomic E-state index is 12.9. The van der Waals surface area contributed by atoms with Gasteiger partial charge < -0.3 is 14.8 Å². The van der Waals surface area contributed by atoms with E-state index in [4.69, 9.17) is 9.47 Å². The summed E-state index contributed by atoms with van der Waals surface area (Å²) in [7, 11) is 0. The topological polar surface area (TPSA) is 78.3 Å². The largest absolute Gasteiger partial charge is 0.489 e. The Bertz CT molecular complexity index is 1120. The van der Waals surface area contributed by atoms with Crippen molar-refractivity contribution in [3.05, 3.63) is 82.8 Å². The lowest BCUT2D eigenvalue weighted by atomic mass is 9.95. The van der Waals surface area contributed by atoms with Crippen LogP contribution in [-0.2, 0) is 16.1 Å². The van der Waals surface area contributed by atoms with E-state index < -0.39 is 6.04 Å². The maximum atomic E-state index is 12.9. The van der Waals surface area contributed by atoms with Gasteiger partial charge in [0.1, 0.15) is 24.7 Å². The molecule has 0 bridgehead atoms. The number of aryl methyl sites for hydroxylation is 1. The average Bonchev–Trinajstić information content (AvgIpc) is 3.19. The van der Waals surface area contributed by atoms with Gasteiger partial charge in [0, 0.05) is 5.70 Å². The number of hydrogen-bond donors (Lipinski definition) is 1. The van der Waals surface area contributed by atoms with Crippen LogP contribution in [0.4, 0.5) is 5.95 Å². The monoisotopic (exact) mass is 418 g/mol. The minimum absolute atomic E-state index is 0.219. The van der Waals surface area contributed by atoms with Gasteiger partial charge in [0.25, 0.3) is 0 Å². The number of anilines is 1. The van der Waals surface area contributed by atoms with Gasteiger partial charge in [-0.25, -0.2) is 9.48 Å². The number of nitrogens with one attached hydrogen (secondary N) is 1. The Kier molecular flexibility index (Phi) is 5.75. The summed E-state index contributed by atoms with van der Waals surface area (Å²) in [5.74, 6) is 0.972. The van der Waals surface area contributed by atoms with Gasteiger partial charge in [-0.3, -0.25) is 0 Å². The number of fused-ring (bicyclic) bond motifs is 1. The standard InChI is InChI=1S/C24H26N4O3/c1-15(2)31-23(29)21-17(4)27-24-25-14-26-28(24)22(21)19-8-10-20(11-9-19)30-13-18-7-5-6-16(3)12-18/h5-12,14-15,22H,13H2,1-4H3,(H,25,26,27). The van der Waals surface area contributed by atoms with Crippen molar-refractivity contribution in [3.8, 4) is 5.75 Å². The number of benzene rings is 2. The molecule has 1 unspecified atom stereocenters. The second-order valence-corrected chi connectivity index (χ2v) is 7.90. The van der Waals surface area contributed by atoms with Gasteiger partial charge in [0.2, 0.25) is 5.95 Å². The van der Waals surface area contributed by atoms with Gasteiger partial charge in [0.05, 0.1) is 11.7 Å². The maximum Gasteiger partial charge on any atom is 0.338 e. The van der Waals surface area contributed by atoms with E-state index in [2.05, 4.69) is 34.5 Å². The van der Waals surface area contributed by atoms with Crippen LogP contribution in [-0.4, -0.2) is 26.8 Å². The Hall–Kier alpha value is -3.61. The summed E-state index contributed by atoms with van der Waals surface area (Å²) in [5, 5.41) is 7.48. The Morgan fingerprint density at radius 1 is 1.16 bits per heavy atom. The van der Waals surface area contributed by atoms with Gasteiger partial charge >= 0.3 is 5.97 Å². The van der Waals surface area contributed by atoms with Gasteiger partial charge in [-0.2, -0.15) is 10.1 Å². The molecule has 160 valence electrons. The van der Waals surface area contributed by atoms with E-state index in [0.29, 0.717) is 23.8 Å². The summed E-state index contributed by atoms with van der Waals surface area (Å²) in [6, 6.07) is 15.5. The summed E-state index contributed by atoms with van der Waals surface area (Å²) in [4.78, 5) is 17.1. The molecule has 0 saturated heterocycles. The molecule has 1 aliphatic rings. The van der Waals surface area contributed by atoms with Crippen molar-refractivity contribution in [2.45, 2.75) is 46.4 Å². The van der Waals surface area contributed by atoms with Crippen LogP contribution in [0, 0.1) is 6.92 Å². The van der Waals surface area contributed by atoms with Gasteiger partial charge in [0.15, 0.2) is 0 Å². The van der Waals surface area contributed by atoms with Crippen molar-refractivity contribution in [1.82, 2.24) is 14.8 Å². The SMILES string of the molecule is CC1=C(C(=O)OC(C)C)C(c2ccc(OCc3cccc(C)c3)cc2)n2ncnc2N1. The van der Waals surface area contributed by atoms with Crippen molar-refractivity contribution >= 4 is 11.9 Å². The first-order valence-corrected chi connectivity index (χ1v) is 10.3. The lowest BCUT2D eigenvalue weighted by Gasteiger charge is -2.28. The molecule has 1 atom stereocenters. The van der Waals surface area contributed by atoms with Gasteiger partial charge in [-0.1, -0.05) is 42.0 Å². The number of allylic oxidation sites excluding steroid dienone is 1. The van der Waals surface area contributed by atoms with Crippen LogP contribution in [0.2, 0.25) is 0 Å². The van der Waals surface area contributed by atoms with Crippen molar-refractivity contribution in [2.75, 3.05) is 5.32 Å². The number of esters is 1. The molecule has 4 rings (SSSR count). The van der Waals surface area contributed by atoms with E-state index >= 15 is 0 Å². The molecule has 1 N–H and O–H groups in total. The van der Waals surface area contributed by atoms with Gasteiger partial charge in [-0.15, -0.1) is 0 Å². The molecular formula is C24H26N4O3. The van der Waals surface area contributed by atoms with Crippen LogP contribution in [0.3, 0.4) is 0 Å². The van der Waals surface area contributed by atoms with E-state index in [9.17, 15) is 4.79 Å². The van der Waals surface area contributed by atoms with E-state index in [0.717, 1.165) is 16.9 Å². The van der Waals surface area contributed by atoms with E-state index in [1.165, 1.54) is 11.9 Å². The van der Waals surface area contributed by atoms with Crippen LogP contribution in [0.25, 0.3) is 0 Å². The molecule has 2 aromatic carbocycles. The third kappa shape index (κ3) is 4.45. The minimum Gasteiger partial charge on any atom is -0.489 e. The average molecular weight is 418 g/mol. The third-order valence-electron chi connectivity index (χ3n) is 5.04. The molecule has 0 spiro atoms. The number of nitrogens with zero attached hydrogens (tertiary/aromatic N) is 3. The molecule has 0 amide bonds. The second kappa shape index (κ2) is 8.63. The Balaban J connectivity index is 1.59. The van der Waals surface area contributed by atoms with E-state index in [1.54, 1.807) is 4.68 Å². The molecule has 1 aromatic heterocycles. The van der Waals surface area contributed by atoms with E-state index in [-0.39, 0.29) is 12.1 Å². The first-order valence-electron chi connectivity index (χ1n) is 10.3. The third-order valence-corrected chi connectivity index (χ3v) is 5.04. The van der Waals surface area contributed by atoms with Crippen molar-refractivity contribution in [3.63, 3.8) is 0 Å². The summed E-state index contributed by atoms with van der Waals surface area (Å²) in [6.45, 7) is 8.07. The first kappa shape index (κ1) is 20.7. The smallest absolute Gasteiger partial charge is 0.338 e. The fraction of sp³-hybridized carbons (Fsp3) is 0.292. The Labute approximate surface area is 181 Å². The molecule has 0 saturated carbocycles. The number of aromatic nitrogens is 3. The molecule has 7 heteroatoms. The number of rotatable bonds is 6. The quantitative estimate of drug-likeness (QED) is 0.598. The van der Waals surface area contributed by atoms with Crippen LogP contribution in [0.1, 0.15) is 43.5 Å². The van der Waals surface area contributed by atoms with E-state index in [1.807, 2.05) is 57.2 Å². The zero-order valence-electron chi connectivity index (χ0n) is 18.1. The van der Waals surface area contributed by atoms with Crippen molar-refractivity contribution in [2.24, 2.45) is 0 Å².